The number of β-amino-alcohol motifs (C(OH)–C–C–N with tert-alkyl or cyclic N) is 1. The summed E-state index contributed by atoms with van der Waals surface area (Å²) in [5, 5.41) is 10.6. The monoisotopic (exact) mass is 430 g/mol. The lowest BCUT2D eigenvalue weighted by Crippen LogP contribution is -2.50. The van der Waals surface area contributed by atoms with Gasteiger partial charge < -0.3 is 9.84 Å². The van der Waals surface area contributed by atoms with Crippen LogP contribution in [0.3, 0.4) is 0 Å². The van der Waals surface area contributed by atoms with Crippen LogP contribution < -0.4 is 4.74 Å². The molecular weight excluding hydrogens is 396 g/mol. The molecule has 1 saturated heterocycles. The Morgan fingerprint density at radius 2 is 1.41 bits per heavy atom. The van der Waals surface area contributed by atoms with Crippen molar-refractivity contribution in [2.75, 3.05) is 39.3 Å². The van der Waals surface area contributed by atoms with Crippen molar-refractivity contribution in [1.29, 1.82) is 0 Å². The molecule has 1 heterocycles. The van der Waals surface area contributed by atoms with Crippen molar-refractivity contribution >= 4 is 0 Å². The molecule has 0 unspecified atom stereocenters. The third-order valence-electron chi connectivity index (χ3n) is 6.23. The smallest absolute Gasteiger partial charge is 0.122 e. The van der Waals surface area contributed by atoms with Crippen LogP contribution in [0.25, 0.3) is 0 Å². The molecule has 0 bridgehead atoms. The van der Waals surface area contributed by atoms with E-state index in [0.29, 0.717) is 13.2 Å². The van der Waals surface area contributed by atoms with Gasteiger partial charge in [0.25, 0.3) is 0 Å². The third-order valence-corrected chi connectivity index (χ3v) is 6.23. The van der Waals surface area contributed by atoms with Gasteiger partial charge in [0.1, 0.15) is 18.5 Å². The number of ether oxygens (including phenoxy) is 1. The number of benzene rings is 3. The highest BCUT2D eigenvalue weighted by molar-refractivity contribution is 5.35. The van der Waals surface area contributed by atoms with Gasteiger partial charge in [0, 0.05) is 32.7 Å². The summed E-state index contributed by atoms with van der Waals surface area (Å²) in [6.07, 6.45) is -0.499. The summed E-state index contributed by atoms with van der Waals surface area (Å²) in [4.78, 5) is 4.90. The number of aliphatic hydroxyl groups is 1. The Bertz CT molecular complexity index is 930. The predicted octanol–water partition coefficient (Wildman–Crippen LogP) is 4.45. The van der Waals surface area contributed by atoms with Crippen LogP contribution in [-0.4, -0.2) is 60.3 Å². The van der Waals surface area contributed by atoms with Crippen LogP contribution in [0.1, 0.15) is 28.3 Å². The standard InChI is InChI=1S/C28H34N2O2/c1-22-13-14-27(23(2)19-22)32-21-26(31)20-29-15-17-30(18-16-29)28(24-9-5-3-6-10-24)25-11-7-4-8-12-25/h3-14,19,26,28,31H,15-18,20-21H2,1-2H3/t26-/m0/s1. The van der Waals surface area contributed by atoms with Crippen molar-refractivity contribution in [3.05, 3.63) is 101 Å². The number of aryl methyl sites for hydroxylation is 2. The van der Waals surface area contributed by atoms with Gasteiger partial charge in [-0.25, -0.2) is 0 Å². The summed E-state index contributed by atoms with van der Waals surface area (Å²) in [6, 6.07) is 27.9. The summed E-state index contributed by atoms with van der Waals surface area (Å²) in [6.45, 7) is 8.90. The lowest BCUT2D eigenvalue weighted by Gasteiger charge is -2.40. The molecule has 168 valence electrons. The molecule has 1 N–H and O–H groups in total. The van der Waals surface area contributed by atoms with Crippen LogP contribution in [0, 0.1) is 13.8 Å². The number of nitrogens with zero attached hydrogens (tertiary/aromatic N) is 2. The second-order valence-electron chi connectivity index (χ2n) is 8.79. The first-order chi connectivity index (χ1) is 15.6. The van der Waals surface area contributed by atoms with Crippen LogP contribution >= 0.6 is 0 Å². The zero-order valence-corrected chi connectivity index (χ0v) is 19.2. The zero-order chi connectivity index (χ0) is 22.3. The van der Waals surface area contributed by atoms with Crippen molar-refractivity contribution in [2.45, 2.75) is 26.0 Å². The minimum Gasteiger partial charge on any atom is -0.491 e. The molecule has 3 aromatic rings. The third kappa shape index (κ3) is 5.77. The number of hydrogen-bond acceptors (Lipinski definition) is 4. The molecule has 0 radical (unpaired) electrons. The van der Waals surface area contributed by atoms with Crippen LogP contribution in [0.5, 0.6) is 5.75 Å². The van der Waals surface area contributed by atoms with Gasteiger partial charge in [-0.1, -0.05) is 78.4 Å². The normalized spacial score (nSPS) is 16.2. The Morgan fingerprint density at radius 1 is 0.812 bits per heavy atom. The van der Waals surface area contributed by atoms with Crippen molar-refractivity contribution in [3.63, 3.8) is 0 Å². The average molecular weight is 431 g/mol. The van der Waals surface area contributed by atoms with Crippen molar-refractivity contribution < 1.29 is 9.84 Å². The lowest BCUT2D eigenvalue weighted by atomic mass is 9.96. The highest BCUT2D eigenvalue weighted by Crippen LogP contribution is 2.29. The molecule has 0 aliphatic carbocycles. The Labute approximate surface area is 192 Å². The van der Waals surface area contributed by atoms with E-state index in [4.69, 9.17) is 4.74 Å². The topological polar surface area (TPSA) is 35.9 Å². The van der Waals surface area contributed by atoms with Gasteiger partial charge >= 0.3 is 0 Å². The largest absolute Gasteiger partial charge is 0.491 e. The van der Waals surface area contributed by atoms with Gasteiger partial charge in [-0.15, -0.1) is 0 Å². The molecule has 4 nitrogen and oxygen atoms in total. The lowest BCUT2D eigenvalue weighted by molar-refractivity contribution is 0.0399. The summed E-state index contributed by atoms with van der Waals surface area (Å²) < 4.78 is 5.88. The van der Waals surface area contributed by atoms with E-state index in [1.54, 1.807) is 0 Å². The van der Waals surface area contributed by atoms with Gasteiger partial charge in [0.05, 0.1) is 6.04 Å². The average Bonchev–Trinajstić information content (AvgIpc) is 2.81. The number of rotatable bonds is 8. The van der Waals surface area contributed by atoms with Crippen LogP contribution in [0.2, 0.25) is 0 Å². The van der Waals surface area contributed by atoms with Crippen molar-refractivity contribution in [1.82, 2.24) is 9.80 Å². The predicted molar refractivity (Wildman–Crippen MR) is 130 cm³/mol. The fraction of sp³-hybridized carbons (Fsp3) is 0.357. The number of hydrogen-bond donors (Lipinski definition) is 1. The Balaban J connectivity index is 1.32. The summed E-state index contributed by atoms with van der Waals surface area (Å²) in [5.41, 5.74) is 4.99. The van der Waals surface area contributed by atoms with Crippen LogP contribution in [0.15, 0.2) is 78.9 Å². The molecule has 1 atom stereocenters. The van der Waals surface area contributed by atoms with E-state index in [0.717, 1.165) is 37.5 Å². The first-order valence-electron chi connectivity index (χ1n) is 11.5. The molecule has 32 heavy (non-hydrogen) atoms. The second-order valence-corrected chi connectivity index (χ2v) is 8.79. The van der Waals surface area contributed by atoms with E-state index in [-0.39, 0.29) is 6.04 Å². The van der Waals surface area contributed by atoms with E-state index >= 15 is 0 Å². The second kappa shape index (κ2) is 10.8. The Kier molecular flexibility index (Phi) is 7.59. The van der Waals surface area contributed by atoms with Crippen molar-refractivity contribution in [3.8, 4) is 5.75 Å². The van der Waals surface area contributed by atoms with Gasteiger partial charge in [0.15, 0.2) is 0 Å². The van der Waals surface area contributed by atoms with Gasteiger partial charge in [-0.2, -0.15) is 0 Å². The van der Waals surface area contributed by atoms with E-state index in [1.165, 1.54) is 16.7 Å². The maximum atomic E-state index is 10.6. The molecule has 0 saturated carbocycles. The molecule has 1 fully saturated rings. The molecule has 4 rings (SSSR count). The quantitative estimate of drug-likeness (QED) is 0.573. The summed E-state index contributed by atoms with van der Waals surface area (Å²) in [7, 11) is 0. The molecule has 0 aromatic heterocycles. The van der Waals surface area contributed by atoms with E-state index < -0.39 is 6.10 Å². The van der Waals surface area contributed by atoms with E-state index in [9.17, 15) is 5.11 Å². The maximum absolute atomic E-state index is 10.6. The van der Waals surface area contributed by atoms with Gasteiger partial charge in [0.2, 0.25) is 0 Å². The van der Waals surface area contributed by atoms with E-state index in [1.807, 2.05) is 19.1 Å². The van der Waals surface area contributed by atoms with Crippen LogP contribution in [-0.2, 0) is 0 Å². The first kappa shape index (κ1) is 22.5. The highest BCUT2D eigenvalue weighted by atomic mass is 16.5. The molecule has 3 aromatic carbocycles. The molecular formula is C28H34N2O2. The highest BCUT2D eigenvalue weighted by Gasteiger charge is 2.27. The van der Waals surface area contributed by atoms with Gasteiger partial charge in [-0.3, -0.25) is 9.80 Å². The summed E-state index contributed by atoms with van der Waals surface area (Å²) in [5.74, 6) is 0.855. The fourth-order valence-electron chi connectivity index (χ4n) is 4.59. The SMILES string of the molecule is Cc1ccc(OC[C@@H](O)CN2CCN(C(c3ccccc3)c3ccccc3)CC2)c(C)c1. The molecule has 0 spiro atoms. The maximum Gasteiger partial charge on any atom is 0.122 e. The molecule has 1 aliphatic rings. The fourth-order valence-corrected chi connectivity index (χ4v) is 4.59. The molecule has 4 heteroatoms. The minimum absolute atomic E-state index is 0.261. The Morgan fingerprint density at radius 3 is 1.97 bits per heavy atom. The summed E-state index contributed by atoms with van der Waals surface area (Å²) >= 11 is 0. The van der Waals surface area contributed by atoms with Crippen LogP contribution in [0.4, 0.5) is 0 Å². The molecule has 0 amide bonds. The number of piperazine rings is 1. The number of aliphatic hydroxyl groups excluding tert-OH is 1. The molecule has 1 aliphatic heterocycles. The van der Waals surface area contributed by atoms with E-state index in [2.05, 4.69) is 83.5 Å². The first-order valence-corrected chi connectivity index (χ1v) is 11.5. The Hall–Kier alpha value is -2.66. The van der Waals surface area contributed by atoms with Gasteiger partial charge in [-0.05, 0) is 36.6 Å². The minimum atomic E-state index is -0.499. The van der Waals surface area contributed by atoms with Crippen molar-refractivity contribution in [2.24, 2.45) is 0 Å². The zero-order valence-electron chi connectivity index (χ0n) is 19.2.